The second kappa shape index (κ2) is 6.25. The first-order valence-corrected chi connectivity index (χ1v) is 7.62. The van der Waals surface area contributed by atoms with Crippen molar-refractivity contribution in [2.24, 2.45) is 0 Å². The van der Waals surface area contributed by atoms with Gasteiger partial charge >= 0.3 is 0 Å². The third-order valence-electron chi connectivity index (χ3n) is 4.16. The van der Waals surface area contributed by atoms with Crippen LogP contribution in [0.2, 0.25) is 5.02 Å². The Bertz CT molecular complexity index is 433. The van der Waals surface area contributed by atoms with Crippen LogP contribution >= 0.6 is 11.6 Å². The minimum Gasteiger partial charge on any atom is -0.310 e. The predicted molar refractivity (Wildman–Crippen MR) is 82.8 cm³/mol. The molecule has 2 rings (SSSR count). The van der Waals surface area contributed by atoms with E-state index in [1.54, 1.807) is 0 Å². The minimum absolute atomic E-state index is 0.230. The van der Waals surface area contributed by atoms with Crippen LogP contribution in [0.4, 0.5) is 0 Å². The number of halogens is 1. The standard InChI is InChI=1S/C16H25ClN2/c1-4-16(3)12-19(9-5-8-18-16)11-14-7-6-13(2)10-15(14)17/h6-7,10,18H,4-5,8-9,11-12H2,1-3H3. The number of benzene rings is 1. The van der Waals surface area contributed by atoms with E-state index in [9.17, 15) is 0 Å². The Hall–Kier alpha value is -0.570. The second-order valence-corrected chi connectivity index (χ2v) is 6.41. The lowest BCUT2D eigenvalue weighted by molar-refractivity contribution is 0.208. The smallest absolute Gasteiger partial charge is 0.0453 e. The van der Waals surface area contributed by atoms with Crippen LogP contribution < -0.4 is 5.32 Å². The molecule has 1 atom stereocenters. The van der Waals surface area contributed by atoms with Gasteiger partial charge in [-0.3, -0.25) is 4.90 Å². The van der Waals surface area contributed by atoms with Crippen LogP contribution in [0.25, 0.3) is 0 Å². The topological polar surface area (TPSA) is 15.3 Å². The molecule has 106 valence electrons. The van der Waals surface area contributed by atoms with Gasteiger partial charge in [0.15, 0.2) is 0 Å². The molecular formula is C16H25ClN2. The van der Waals surface area contributed by atoms with Gasteiger partial charge in [-0.1, -0.05) is 30.7 Å². The quantitative estimate of drug-likeness (QED) is 0.910. The van der Waals surface area contributed by atoms with E-state index in [4.69, 9.17) is 11.6 Å². The van der Waals surface area contributed by atoms with Gasteiger partial charge in [-0.25, -0.2) is 0 Å². The van der Waals surface area contributed by atoms with E-state index >= 15 is 0 Å². The Balaban J connectivity index is 2.08. The van der Waals surface area contributed by atoms with Crippen molar-refractivity contribution in [3.8, 4) is 0 Å². The summed E-state index contributed by atoms with van der Waals surface area (Å²) in [5.41, 5.74) is 2.70. The van der Waals surface area contributed by atoms with E-state index < -0.39 is 0 Å². The van der Waals surface area contributed by atoms with Gasteiger partial charge in [0.1, 0.15) is 0 Å². The maximum absolute atomic E-state index is 6.35. The van der Waals surface area contributed by atoms with Crippen molar-refractivity contribution >= 4 is 11.6 Å². The lowest BCUT2D eigenvalue weighted by atomic mass is 9.98. The Morgan fingerprint density at radius 2 is 2.21 bits per heavy atom. The van der Waals surface area contributed by atoms with Crippen molar-refractivity contribution in [3.05, 3.63) is 34.3 Å². The molecule has 0 bridgehead atoms. The fraction of sp³-hybridized carbons (Fsp3) is 0.625. The van der Waals surface area contributed by atoms with E-state index in [2.05, 4.69) is 49.2 Å². The maximum Gasteiger partial charge on any atom is 0.0453 e. The lowest BCUT2D eigenvalue weighted by Gasteiger charge is -2.32. The van der Waals surface area contributed by atoms with Gasteiger partial charge in [-0.05, 0) is 57.0 Å². The van der Waals surface area contributed by atoms with Crippen molar-refractivity contribution in [3.63, 3.8) is 0 Å². The van der Waals surface area contributed by atoms with E-state index in [0.717, 1.165) is 37.6 Å². The molecular weight excluding hydrogens is 256 g/mol. The van der Waals surface area contributed by atoms with Crippen molar-refractivity contribution in [1.82, 2.24) is 10.2 Å². The molecule has 3 heteroatoms. The largest absolute Gasteiger partial charge is 0.310 e. The van der Waals surface area contributed by atoms with E-state index in [0.29, 0.717) is 0 Å². The Labute approximate surface area is 122 Å². The first-order chi connectivity index (χ1) is 9.02. The highest BCUT2D eigenvalue weighted by Crippen LogP contribution is 2.22. The van der Waals surface area contributed by atoms with E-state index in [1.165, 1.54) is 17.5 Å². The van der Waals surface area contributed by atoms with Crippen LogP contribution in [0, 0.1) is 6.92 Å². The minimum atomic E-state index is 0.230. The number of nitrogens with one attached hydrogen (secondary N) is 1. The molecule has 0 spiro atoms. The molecule has 1 aliphatic rings. The van der Waals surface area contributed by atoms with Gasteiger partial charge in [-0.2, -0.15) is 0 Å². The molecule has 1 aromatic carbocycles. The molecule has 19 heavy (non-hydrogen) atoms. The maximum atomic E-state index is 6.35. The number of aryl methyl sites for hydroxylation is 1. The Morgan fingerprint density at radius 1 is 1.42 bits per heavy atom. The summed E-state index contributed by atoms with van der Waals surface area (Å²) in [6, 6.07) is 6.38. The summed E-state index contributed by atoms with van der Waals surface area (Å²) in [4.78, 5) is 2.53. The summed E-state index contributed by atoms with van der Waals surface area (Å²) in [5, 5.41) is 4.57. The van der Waals surface area contributed by atoms with Crippen molar-refractivity contribution < 1.29 is 0 Å². The van der Waals surface area contributed by atoms with Crippen LogP contribution in [-0.2, 0) is 6.54 Å². The summed E-state index contributed by atoms with van der Waals surface area (Å²) in [6.45, 7) is 11.0. The SMILES string of the molecule is CCC1(C)CN(Cc2ccc(C)cc2Cl)CCCN1. The van der Waals surface area contributed by atoms with Crippen LogP contribution in [0.1, 0.15) is 37.8 Å². The third-order valence-corrected chi connectivity index (χ3v) is 4.51. The van der Waals surface area contributed by atoms with Crippen LogP contribution in [0.15, 0.2) is 18.2 Å². The van der Waals surface area contributed by atoms with Crippen molar-refractivity contribution in [2.75, 3.05) is 19.6 Å². The molecule has 1 aromatic rings. The Kier molecular flexibility index (Phi) is 4.88. The van der Waals surface area contributed by atoms with Crippen molar-refractivity contribution in [1.29, 1.82) is 0 Å². The zero-order chi connectivity index (χ0) is 13.9. The molecule has 1 heterocycles. The van der Waals surface area contributed by atoms with Gasteiger partial charge in [0.05, 0.1) is 0 Å². The highest BCUT2D eigenvalue weighted by Gasteiger charge is 2.27. The number of hydrogen-bond acceptors (Lipinski definition) is 2. The monoisotopic (exact) mass is 280 g/mol. The predicted octanol–water partition coefficient (Wildman–Crippen LogP) is 3.61. The molecule has 1 fully saturated rings. The summed E-state index contributed by atoms with van der Waals surface area (Å²) < 4.78 is 0. The van der Waals surface area contributed by atoms with Crippen LogP contribution in [0.5, 0.6) is 0 Å². The molecule has 0 amide bonds. The van der Waals surface area contributed by atoms with Gasteiger partial charge in [0.2, 0.25) is 0 Å². The number of nitrogens with zero attached hydrogens (tertiary/aromatic N) is 1. The molecule has 0 aromatic heterocycles. The number of rotatable bonds is 3. The van der Waals surface area contributed by atoms with E-state index in [-0.39, 0.29) is 5.54 Å². The highest BCUT2D eigenvalue weighted by molar-refractivity contribution is 6.31. The molecule has 1 saturated heterocycles. The van der Waals surface area contributed by atoms with Gasteiger partial charge < -0.3 is 5.32 Å². The zero-order valence-corrected chi connectivity index (χ0v) is 13.1. The second-order valence-electron chi connectivity index (χ2n) is 6.00. The number of hydrogen-bond donors (Lipinski definition) is 1. The molecule has 1 unspecified atom stereocenters. The molecule has 2 nitrogen and oxygen atoms in total. The third kappa shape index (κ3) is 3.95. The summed E-state index contributed by atoms with van der Waals surface area (Å²) in [5.74, 6) is 0. The summed E-state index contributed by atoms with van der Waals surface area (Å²) in [6.07, 6.45) is 2.37. The zero-order valence-electron chi connectivity index (χ0n) is 12.3. The van der Waals surface area contributed by atoms with Gasteiger partial charge in [0, 0.05) is 23.7 Å². The highest BCUT2D eigenvalue weighted by atomic mass is 35.5. The molecule has 0 aliphatic carbocycles. The fourth-order valence-electron chi connectivity index (χ4n) is 2.71. The molecule has 1 N–H and O–H groups in total. The summed E-state index contributed by atoms with van der Waals surface area (Å²) in [7, 11) is 0. The molecule has 0 radical (unpaired) electrons. The average Bonchev–Trinajstić information content (AvgIpc) is 2.55. The first-order valence-electron chi connectivity index (χ1n) is 7.25. The van der Waals surface area contributed by atoms with Gasteiger partial charge in [-0.15, -0.1) is 0 Å². The van der Waals surface area contributed by atoms with Gasteiger partial charge in [0.25, 0.3) is 0 Å². The van der Waals surface area contributed by atoms with E-state index in [1.807, 2.05) is 0 Å². The van der Waals surface area contributed by atoms with Crippen LogP contribution in [0.3, 0.4) is 0 Å². The fourth-order valence-corrected chi connectivity index (χ4v) is 3.01. The average molecular weight is 281 g/mol. The Morgan fingerprint density at radius 3 is 2.89 bits per heavy atom. The normalized spacial score (nSPS) is 25.3. The lowest BCUT2D eigenvalue weighted by Crippen LogP contribution is -2.48. The molecule has 1 aliphatic heterocycles. The van der Waals surface area contributed by atoms with Crippen LogP contribution in [-0.4, -0.2) is 30.1 Å². The summed E-state index contributed by atoms with van der Waals surface area (Å²) >= 11 is 6.35. The molecule has 0 saturated carbocycles. The van der Waals surface area contributed by atoms with Crippen molar-refractivity contribution in [2.45, 2.75) is 45.7 Å². The first kappa shape index (κ1) is 14.8.